The Balaban J connectivity index is 1.53. The van der Waals surface area contributed by atoms with Crippen LogP contribution in [0.2, 0.25) is 0 Å². The van der Waals surface area contributed by atoms with Crippen LogP contribution in [0.15, 0.2) is 35.5 Å². The van der Waals surface area contributed by atoms with Gasteiger partial charge in [-0.3, -0.25) is 9.36 Å². The molecule has 2 aromatic rings. The summed E-state index contributed by atoms with van der Waals surface area (Å²) in [5.41, 5.74) is 0.992. The van der Waals surface area contributed by atoms with E-state index in [2.05, 4.69) is 10.2 Å². The molecule has 1 aromatic heterocycles. The average Bonchev–Trinajstić information content (AvgIpc) is 3.35. The van der Waals surface area contributed by atoms with E-state index in [1.807, 2.05) is 41.8 Å². The van der Waals surface area contributed by atoms with Gasteiger partial charge in [-0.2, -0.15) is 0 Å². The van der Waals surface area contributed by atoms with Gasteiger partial charge in [0.25, 0.3) is 0 Å². The van der Waals surface area contributed by atoms with Gasteiger partial charge in [0.05, 0.1) is 16.8 Å². The zero-order chi connectivity index (χ0) is 19.9. The monoisotopic (exact) mass is 420 g/mol. The van der Waals surface area contributed by atoms with Crippen molar-refractivity contribution in [3.8, 4) is 5.69 Å². The first kappa shape index (κ1) is 19.4. The molecule has 4 rings (SSSR count). The minimum absolute atomic E-state index is 0.0542. The van der Waals surface area contributed by atoms with Crippen LogP contribution in [0, 0.1) is 0 Å². The van der Waals surface area contributed by atoms with Crippen LogP contribution in [-0.4, -0.2) is 63.8 Å². The lowest BCUT2D eigenvalue weighted by Crippen LogP contribution is -2.41. The Kier molecular flexibility index (Phi) is 5.22. The molecule has 9 heteroatoms. The summed E-state index contributed by atoms with van der Waals surface area (Å²) in [7, 11) is -1.33. The second-order valence-corrected chi connectivity index (χ2v) is 11.1. The van der Waals surface area contributed by atoms with Crippen LogP contribution >= 0.6 is 11.8 Å². The Hall–Kier alpha value is -1.87. The van der Waals surface area contributed by atoms with Gasteiger partial charge in [-0.15, -0.1) is 10.2 Å². The Morgan fingerprint density at radius 2 is 1.93 bits per heavy atom. The molecule has 2 fully saturated rings. The molecule has 150 valence electrons. The van der Waals surface area contributed by atoms with Crippen molar-refractivity contribution in [2.24, 2.45) is 0 Å². The predicted octanol–water partition coefficient (Wildman–Crippen LogP) is 2.27. The number of hydrogen-bond acceptors (Lipinski definition) is 6. The van der Waals surface area contributed by atoms with Crippen molar-refractivity contribution >= 4 is 27.5 Å². The molecule has 0 radical (unpaired) electrons. The molecule has 7 nitrogen and oxygen atoms in total. The van der Waals surface area contributed by atoms with Crippen LogP contribution in [0.4, 0.5) is 0 Å². The van der Waals surface area contributed by atoms with Gasteiger partial charge in [0.1, 0.15) is 5.82 Å². The van der Waals surface area contributed by atoms with E-state index in [0.717, 1.165) is 24.4 Å². The van der Waals surface area contributed by atoms with Crippen LogP contribution in [0.1, 0.15) is 37.9 Å². The predicted molar refractivity (Wildman–Crippen MR) is 108 cm³/mol. The number of carbonyl (C=O) groups excluding carboxylic acids is 1. The molecule has 1 saturated heterocycles. The van der Waals surface area contributed by atoms with Crippen molar-refractivity contribution in [1.82, 2.24) is 19.7 Å². The highest BCUT2D eigenvalue weighted by atomic mass is 32.2. The third-order valence-electron chi connectivity index (χ3n) is 5.35. The molecule has 1 aliphatic carbocycles. The van der Waals surface area contributed by atoms with Gasteiger partial charge in [-0.1, -0.05) is 30.0 Å². The SMILES string of the molecule is C[C@@H](Sc1nnc(C2CC2)n1-c1ccccc1)C(=O)N(C)[C@H]1CCS(=O)(=O)C1. The molecule has 0 unspecified atom stereocenters. The van der Waals surface area contributed by atoms with Gasteiger partial charge in [0.2, 0.25) is 5.91 Å². The Labute approximate surface area is 169 Å². The lowest BCUT2D eigenvalue weighted by Gasteiger charge is -2.26. The molecular weight excluding hydrogens is 396 g/mol. The molecule has 2 aliphatic rings. The largest absolute Gasteiger partial charge is 0.341 e. The van der Waals surface area contributed by atoms with Crippen molar-refractivity contribution in [1.29, 1.82) is 0 Å². The van der Waals surface area contributed by atoms with Crippen LogP contribution in [0.3, 0.4) is 0 Å². The molecule has 1 aliphatic heterocycles. The molecule has 0 spiro atoms. The average molecular weight is 421 g/mol. The fraction of sp³-hybridized carbons (Fsp3) is 0.526. The highest BCUT2D eigenvalue weighted by Crippen LogP contribution is 2.41. The van der Waals surface area contributed by atoms with Crippen LogP contribution in [0.5, 0.6) is 0 Å². The highest BCUT2D eigenvalue weighted by Gasteiger charge is 2.35. The van der Waals surface area contributed by atoms with Gasteiger partial charge in [-0.25, -0.2) is 8.42 Å². The smallest absolute Gasteiger partial charge is 0.235 e. The van der Waals surface area contributed by atoms with Gasteiger partial charge in [0, 0.05) is 24.7 Å². The summed E-state index contributed by atoms with van der Waals surface area (Å²) in [4.78, 5) is 14.5. The van der Waals surface area contributed by atoms with Crippen molar-refractivity contribution in [3.63, 3.8) is 0 Å². The fourth-order valence-corrected chi connectivity index (χ4v) is 6.29. The maximum absolute atomic E-state index is 12.9. The Morgan fingerprint density at radius 1 is 1.21 bits per heavy atom. The number of thioether (sulfide) groups is 1. The quantitative estimate of drug-likeness (QED) is 0.667. The third kappa shape index (κ3) is 3.96. The first-order valence-electron chi connectivity index (χ1n) is 9.50. The van der Waals surface area contributed by atoms with Crippen molar-refractivity contribution in [3.05, 3.63) is 36.2 Å². The molecule has 1 aromatic carbocycles. The number of hydrogen-bond donors (Lipinski definition) is 0. The maximum Gasteiger partial charge on any atom is 0.235 e. The van der Waals surface area contributed by atoms with E-state index < -0.39 is 9.84 Å². The number of nitrogens with zero attached hydrogens (tertiary/aromatic N) is 4. The molecule has 1 saturated carbocycles. The van der Waals surface area contributed by atoms with Crippen molar-refractivity contribution in [2.45, 2.75) is 48.6 Å². The summed E-state index contributed by atoms with van der Waals surface area (Å²) in [6.45, 7) is 1.84. The maximum atomic E-state index is 12.9. The van der Waals surface area contributed by atoms with Crippen LogP contribution in [0.25, 0.3) is 5.69 Å². The summed E-state index contributed by atoms with van der Waals surface area (Å²) in [5, 5.41) is 9.07. The van der Waals surface area contributed by atoms with Crippen molar-refractivity contribution in [2.75, 3.05) is 18.6 Å². The summed E-state index contributed by atoms with van der Waals surface area (Å²) < 4.78 is 25.5. The van der Waals surface area contributed by atoms with E-state index in [-0.39, 0.29) is 28.7 Å². The van der Waals surface area contributed by atoms with Gasteiger partial charge in [0.15, 0.2) is 15.0 Å². The van der Waals surface area contributed by atoms with Gasteiger partial charge >= 0.3 is 0 Å². The number of rotatable bonds is 6. The number of carbonyl (C=O) groups is 1. The molecule has 2 atom stereocenters. The van der Waals surface area contributed by atoms with E-state index in [9.17, 15) is 13.2 Å². The lowest BCUT2D eigenvalue weighted by atomic mass is 10.2. The van der Waals surface area contributed by atoms with Gasteiger partial charge in [-0.05, 0) is 38.3 Å². The number of benzene rings is 1. The Bertz CT molecular complexity index is 970. The normalized spacial score (nSPS) is 22.1. The summed E-state index contributed by atoms with van der Waals surface area (Å²) >= 11 is 1.37. The zero-order valence-corrected chi connectivity index (χ0v) is 17.6. The standard InChI is InChI=1S/C19H24N4O3S2/c1-13(18(24)22(2)16-10-11-28(25,26)12-16)27-19-21-20-17(14-8-9-14)23(19)15-6-4-3-5-7-15/h3-7,13-14,16H,8-12H2,1-2H3/t13-,16+/m1/s1. The second-order valence-electron chi connectivity index (χ2n) is 7.55. The lowest BCUT2D eigenvalue weighted by molar-refractivity contribution is -0.130. The van der Waals surface area contributed by atoms with E-state index in [1.54, 1.807) is 11.9 Å². The van der Waals surface area contributed by atoms with E-state index >= 15 is 0 Å². The Morgan fingerprint density at radius 3 is 2.54 bits per heavy atom. The molecule has 28 heavy (non-hydrogen) atoms. The van der Waals surface area contributed by atoms with E-state index in [4.69, 9.17) is 0 Å². The first-order chi connectivity index (χ1) is 13.4. The number of aromatic nitrogens is 3. The first-order valence-corrected chi connectivity index (χ1v) is 12.2. The molecule has 1 amide bonds. The second kappa shape index (κ2) is 7.51. The number of sulfone groups is 1. The van der Waals surface area contributed by atoms with E-state index in [1.165, 1.54) is 11.8 Å². The van der Waals surface area contributed by atoms with Gasteiger partial charge < -0.3 is 4.90 Å². The number of amides is 1. The van der Waals surface area contributed by atoms with Crippen LogP contribution < -0.4 is 0 Å². The van der Waals surface area contributed by atoms with Crippen molar-refractivity contribution < 1.29 is 13.2 Å². The topological polar surface area (TPSA) is 85.2 Å². The fourth-order valence-electron chi connectivity index (χ4n) is 3.54. The zero-order valence-electron chi connectivity index (χ0n) is 16.0. The summed E-state index contributed by atoms with van der Waals surface area (Å²) in [5.74, 6) is 1.51. The summed E-state index contributed by atoms with van der Waals surface area (Å²) in [6.07, 6.45) is 2.74. The molecular formula is C19H24N4O3S2. The third-order valence-corrected chi connectivity index (χ3v) is 8.13. The molecule has 2 heterocycles. The minimum atomic E-state index is -3.03. The minimum Gasteiger partial charge on any atom is -0.341 e. The van der Waals surface area contributed by atoms with Crippen LogP contribution in [-0.2, 0) is 14.6 Å². The highest BCUT2D eigenvalue weighted by molar-refractivity contribution is 8.00. The summed E-state index contributed by atoms with van der Waals surface area (Å²) in [6, 6.07) is 9.71. The van der Waals surface area contributed by atoms with E-state index in [0.29, 0.717) is 17.5 Å². The number of para-hydroxylation sites is 1. The molecule has 0 bridgehead atoms. The molecule has 0 N–H and O–H groups in total.